The fourth-order valence-electron chi connectivity index (χ4n) is 8.18. The van der Waals surface area contributed by atoms with Crippen LogP contribution in [0.15, 0.2) is 66.8 Å². The third-order valence-electron chi connectivity index (χ3n) is 10.6. The molecular formula is C37H25Cl2F5N2O6. The average molecular weight is 760 g/mol. The molecule has 2 aliphatic heterocycles. The molecule has 4 amide bonds. The number of nitrogens with zero attached hydrogens (tertiary/aromatic N) is 2. The number of aromatic hydroxyl groups is 1. The smallest absolute Gasteiger partial charge is 0.258 e. The maximum Gasteiger partial charge on any atom is 0.258 e. The molecule has 2 aliphatic carbocycles. The summed E-state index contributed by atoms with van der Waals surface area (Å²) < 4.78 is 73.6. The molecular weight excluding hydrogens is 734 g/mol. The van der Waals surface area contributed by atoms with Crippen LogP contribution in [0.5, 0.6) is 5.75 Å². The molecule has 7 rings (SSSR count). The van der Waals surface area contributed by atoms with E-state index in [1.54, 1.807) is 0 Å². The van der Waals surface area contributed by atoms with E-state index in [0.717, 1.165) is 4.90 Å². The number of carbonyl (C=O) groups is 5. The van der Waals surface area contributed by atoms with E-state index < -0.39 is 104 Å². The minimum Gasteiger partial charge on any atom is -0.507 e. The number of amides is 4. The maximum absolute atomic E-state index is 15.3. The monoisotopic (exact) mass is 758 g/mol. The van der Waals surface area contributed by atoms with Gasteiger partial charge in [-0.3, -0.25) is 28.9 Å². The van der Waals surface area contributed by atoms with Crippen molar-refractivity contribution in [2.45, 2.75) is 41.9 Å². The van der Waals surface area contributed by atoms with Gasteiger partial charge in [0.2, 0.25) is 17.6 Å². The van der Waals surface area contributed by atoms with E-state index in [1.807, 2.05) is 0 Å². The Bertz CT molecular complexity index is 2180. The summed E-state index contributed by atoms with van der Waals surface area (Å²) >= 11 is 14.3. The lowest BCUT2D eigenvalue weighted by atomic mass is 9.56. The van der Waals surface area contributed by atoms with Gasteiger partial charge in [0.1, 0.15) is 11.4 Å². The van der Waals surface area contributed by atoms with Crippen LogP contribution in [0.3, 0.4) is 0 Å². The Hall–Kier alpha value is -4.88. The van der Waals surface area contributed by atoms with Gasteiger partial charge in [-0.1, -0.05) is 35.9 Å². The zero-order valence-electron chi connectivity index (χ0n) is 26.9. The number of imide groups is 2. The molecule has 0 radical (unpaired) electrons. The number of anilines is 2. The zero-order valence-corrected chi connectivity index (χ0v) is 28.4. The van der Waals surface area contributed by atoms with Gasteiger partial charge in [-0.05, 0) is 61.9 Å². The molecule has 1 saturated carbocycles. The summed E-state index contributed by atoms with van der Waals surface area (Å²) in [5.41, 5.74) is -1.05. The van der Waals surface area contributed by atoms with E-state index in [4.69, 9.17) is 23.2 Å². The number of phenols is 1. The van der Waals surface area contributed by atoms with Gasteiger partial charge in [-0.25, -0.2) is 26.9 Å². The fraction of sp³-hybridized carbons (Fsp3) is 0.270. The first-order chi connectivity index (χ1) is 24.5. The Labute approximate surface area is 302 Å². The number of allylic oxidation sites excluding steroid dienone is 3. The number of ketones is 1. The zero-order chi connectivity index (χ0) is 37.8. The number of para-hydroxylation sites is 1. The molecule has 6 atom stereocenters. The summed E-state index contributed by atoms with van der Waals surface area (Å²) in [6, 6.07) is 10.1. The van der Waals surface area contributed by atoms with Crippen LogP contribution in [0.4, 0.5) is 33.3 Å². The van der Waals surface area contributed by atoms with E-state index in [2.05, 4.69) is 6.58 Å². The maximum atomic E-state index is 15.3. The molecule has 2 saturated heterocycles. The summed E-state index contributed by atoms with van der Waals surface area (Å²) in [7, 11) is 0. The number of Topliss-reactive ketones (excluding diaryl/α,β-unsaturated/α-hetero) is 1. The summed E-state index contributed by atoms with van der Waals surface area (Å²) in [4.78, 5) is 63.9. The van der Waals surface area contributed by atoms with E-state index in [1.165, 1.54) is 61.5 Å². The summed E-state index contributed by atoms with van der Waals surface area (Å²) in [6.07, 6.45) is 2.32. The number of rotatable bonds is 6. The molecule has 3 aromatic rings. The van der Waals surface area contributed by atoms with Crippen LogP contribution in [0.1, 0.15) is 47.2 Å². The topological polar surface area (TPSA) is 112 Å². The molecule has 3 aromatic carbocycles. The Kier molecular flexibility index (Phi) is 8.26. The molecule has 0 bridgehead atoms. The van der Waals surface area contributed by atoms with Crippen molar-refractivity contribution in [3.05, 3.63) is 113 Å². The second-order valence-corrected chi connectivity index (χ2v) is 14.4. The molecule has 4 aliphatic rings. The van der Waals surface area contributed by atoms with Crippen LogP contribution in [0.25, 0.3) is 0 Å². The molecule has 2 heterocycles. The van der Waals surface area contributed by atoms with Gasteiger partial charge in [-0.2, -0.15) is 0 Å². The third-order valence-corrected chi connectivity index (χ3v) is 12.0. The predicted molar refractivity (Wildman–Crippen MR) is 177 cm³/mol. The number of halogens is 7. The van der Waals surface area contributed by atoms with Crippen molar-refractivity contribution in [3.63, 3.8) is 0 Å². The van der Waals surface area contributed by atoms with Crippen LogP contribution in [-0.4, -0.2) is 44.3 Å². The second kappa shape index (κ2) is 12.1. The molecule has 15 heteroatoms. The van der Waals surface area contributed by atoms with Gasteiger partial charge in [0.25, 0.3) is 11.8 Å². The second-order valence-electron chi connectivity index (χ2n) is 13.2. The van der Waals surface area contributed by atoms with Gasteiger partial charge in [-0.15, -0.1) is 29.8 Å². The number of carbonyl (C=O) groups excluding carboxylic acids is 5. The third kappa shape index (κ3) is 4.54. The first-order valence-corrected chi connectivity index (χ1v) is 16.7. The van der Waals surface area contributed by atoms with Crippen LogP contribution >= 0.6 is 23.2 Å². The van der Waals surface area contributed by atoms with Crippen LogP contribution < -0.4 is 9.80 Å². The van der Waals surface area contributed by atoms with Gasteiger partial charge < -0.3 is 5.11 Å². The van der Waals surface area contributed by atoms with Crippen molar-refractivity contribution < 1.29 is 51.0 Å². The highest BCUT2D eigenvalue weighted by Gasteiger charge is 2.77. The summed E-state index contributed by atoms with van der Waals surface area (Å²) in [6.45, 7) is 5.00. The average Bonchev–Trinajstić information content (AvgIpc) is 3.46. The van der Waals surface area contributed by atoms with Gasteiger partial charge in [0, 0.05) is 17.0 Å². The van der Waals surface area contributed by atoms with Gasteiger partial charge in [0.05, 0.1) is 17.5 Å². The molecule has 3 fully saturated rings. The van der Waals surface area contributed by atoms with Crippen molar-refractivity contribution in [1.29, 1.82) is 0 Å². The molecule has 52 heavy (non-hydrogen) atoms. The lowest BCUT2D eigenvalue weighted by Crippen LogP contribution is -2.60. The number of hydrogen-bond donors (Lipinski definition) is 1. The minimum absolute atomic E-state index is 0.0849. The first kappa shape index (κ1) is 35.5. The Morgan fingerprint density at radius 3 is 2.10 bits per heavy atom. The molecule has 8 nitrogen and oxygen atoms in total. The fourth-order valence-corrected chi connectivity index (χ4v) is 9.10. The van der Waals surface area contributed by atoms with Gasteiger partial charge >= 0.3 is 0 Å². The highest BCUT2D eigenvalue weighted by atomic mass is 35.5. The number of alkyl halides is 2. The summed E-state index contributed by atoms with van der Waals surface area (Å²) in [5.74, 6) is -22.7. The lowest BCUT2D eigenvalue weighted by Gasteiger charge is -2.50. The van der Waals surface area contributed by atoms with Crippen LogP contribution in [0.2, 0.25) is 0 Å². The van der Waals surface area contributed by atoms with E-state index >= 15 is 8.78 Å². The van der Waals surface area contributed by atoms with Crippen LogP contribution in [0, 0.1) is 46.8 Å². The number of fused-ring (bicyclic) bond motifs is 4. The van der Waals surface area contributed by atoms with E-state index in [9.17, 15) is 42.3 Å². The molecule has 0 aromatic heterocycles. The normalized spacial score (nSPS) is 28.1. The summed E-state index contributed by atoms with van der Waals surface area (Å²) in [5, 5.41) is 11.5. The van der Waals surface area contributed by atoms with Crippen molar-refractivity contribution in [2.75, 3.05) is 9.80 Å². The predicted octanol–water partition coefficient (Wildman–Crippen LogP) is 6.79. The molecule has 0 spiro atoms. The SMILES string of the molecule is C=CCc1cccc(C2C3=CCC4C(=O)N(c5ccc(C(C)=O)cc5)C(=O)C4C3CC3(Cl)C(=O)N(c4c(F)c(F)c(F)c(F)c4F)C(=O)C23Cl)c1O. The minimum atomic E-state index is -2.78. The number of hydrogen-bond acceptors (Lipinski definition) is 6. The van der Waals surface area contributed by atoms with Crippen LogP contribution in [-0.2, 0) is 25.6 Å². The van der Waals surface area contributed by atoms with Crippen molar-refractivity contribution >= 4 is 64.0 Å². The Morgan fingerprint density at radius 2 is 1.50 bits per heavy atom. The molecule has 268 valence electrons. The van der Waals surface area contributed by atoms with Crippen molar-refractivity contribution in [1.82, 2.24) is 0 Å². The number of benzene rings is 3. The van der Waals surface area contributed by atoms with Crippen molar-refractivity contribution in [2.24, 2.45) is 17.8 Å². The highest BCUT2D eigenvalue weighted by molar-refractivity contribution is 6.58. The van der Waals surface area contributed by atoms with E-state index in [0.29, 0.717) is 5.56 Å². The Balaban J connectivity index is 1.43. The lowest BCUT2D eigenvalue weighted by molar-refractivity contribution is -0.125. The molecule has 1 N–H and O–H groups in total. The van der Waals surface area contributed by atoms with E-state index in [-0.39, 0.29) is 45.9 Å². The first-order valence-electron chi connectivity index (χ1n) is 15.9. The largest absolute Gasteiger partial charge is 0.507 e. The number of phenolic OH excluding ortho intramolecular Hbond substituents is 1. The molecule has 6 unspecified atom stereocenters. The highest BCUT2D eigenvalue weighted by Crippen LogP contribution is 2.67. The standard InChI is InChI=1S/C37H25Cl2F5N2O6/c1-3-5-17-6-4-7-21(31(17)48)24-19-12-13-20-23(33(50)45(32(20)49)18-10-8-16(9-11-18)15(2)47)22(19)14-36(38)34(51)46(35(52)37(24,36)39)30-28(43)26(41)25(40)27(42)29(30)44/h3-4,6-12,20,22-24,48H,1,5,13-14H2,2H3. The Morgan fingerprint density at radius 1 is 0.885 bits per heavy atom. The quantitative estimate of drug-likeness (QED) is 0.0564. The van der Waals surface area contributed by atoms with Gasteiger partial charge in [0.15, 0.2) is 38.8 Å². The van der Waals surface area contributed by atoms with Crippen molar-refractivity contribution in [3.8, 4) is 5.75 Å².